The third-order valence-corrected chi connectivity index (χ3v) is 3.27. The third kappa shape index (κ3) is 4.13. The second-order valence-corrected chi connectivity index (χ2v) is 4.94. The molecule has 0 aromatic heterocycles. The third-order valence-electron chi connectivity index (χ3n) is 2.93. The topological polar surface area (TPSA) is 73.6 Å². The van der Waals surface area contributed by atoms with Crippen LogP contribution < -0.4 is 15.8 Å². The van der Waals surface area contributed by atoms with Gasteiger partial charge < -0.3 is 20.5 Å². The van der Waals surface area contributed by atoms with Crippen LogP contribution in [0.25, 0.3) is 0 Å². The molecule has 0 saturated heterocycles. The van der Waals surface area contributed by atoms with E-state index in [0.717, 1.165) is 0 Å². The summed E-state index contributed by atoms with van der Waals surface area (Å²) in [5, 5.41) is 3.21. The zero-order chi connectivity index (χ0) is 15.9. The van der Waals surface area contributed by atoms with Crippen LogP contribution in [0.2, 0.25) is 5.02 Å². The first-order chi connectivity index (χ1) is 10.6. The number of rotatable bonds is 6. The number of ether oxygens (including phenoxy) is 2. The van der Waals surface area contributed by atoms with Gasteiger partial charge in [0, 0.05) is 12.8 Å². The van der Waals surface area contributed by atoms with Gasteiger partial charge >= 0.3 is 0 Å². The molecule has 2 aromatic rings. The standard InChI is InChI=1S/C16H17ClN2O3/c1-21-8-9-22-15-5-3-2-4-12(15)16(20)19-11-6-7-13(17)14(18)10-11/h2-7,10H,8-9,18H2,1H3,(H,19,20). The lowest BCUT2D eigenvalue weighted by atomic mass is 10.2. The van der Waals surface area contributed by atoms with Gasteiger partial charge in [0.1, 0.15) is 12.4 Å². The van der Waals surface area contributed by atoms with Crippen molar-refractivity contribution in [2.24, 2.45) is 0 Å². The SMILES string of the molecule is COCCOc1ccccc1C(=O)Nc1ccc(Cl)c(N)c1. The zero-order valence-electron chi connectivity index (χ0n) is 12.1. The van der Waals surface area contributed by atoms with Gasteiger partial charge in [-0.15, -0.1) is 0 Å². The molecular formula is C16H17ClN2O3. The molecule has 0 bridgehead atoms. The highest BCUT2D eigenvalue weighted by Gasteiger charge is 2.12. The molecule has 0 unspecified atom stereocenters. The Morgan fingerprint density at radius 3 is 2.73 bits per heavy atom. The van der Waals surface area contributed by atoms with Crippen LogP contribution in [0, 0.1) is 0 Å². The maximum absolute atomic E-state index is 12.4. The van der Waals surface area contributed by atoms with Crippen LogP contribution in [0.1, 0.15) is 10.4 Å². The van der Waals surface area contributed by atoms with Crippen molar-refractivity contribution in [3.05, 3.63) is 53.1 Å². The van der Waals surface area contributed by atoms with E-state index in [1.54, 1.807) is 49.6 Å². The second-order valence-electron chi connectivity index (χ2n) is 4.53. The van der Waals surface area contributed by atoms with Crippen LogP contribution in [0.3, 0.4) is 0 Å². The predicted octanol–water partition coefficient (Wildman–Crippen LogP) is 3.20. The summed E-state index contributed by atoms with van der Waals surface area (Å²) in [4.78, 5) is 12.4. The van der Waals surface area contributed by atoms with Gasteiger partial charge in [-0.3, -0.25) is 4.79 Å². The summed E-state index contributed by atoms with van der Waals surface area (Å²) in [6.45, 7) is 0.818. The molecule has 2 rings (SSSR count). The minimum absolute atomic E-state index is 0.283. The largest absolute Gasteiger partial charge is 0.490 e. The Bertz CT molecular complexity index is 662. The van der Waals surface area contributed by atoms with Crippen LogP contribution in [-0.4, -0.2) is 26.2 Å². The first-order valence-corrected chi connectivity index (χ1v) is 7.06. The monoisotopic (exact) mass is 320 g/mol. The van der Waals surface area contributed by atoms with Crippen molar-refractivity contribution in [1.82, 2.24) is 0 Å². The maximum atomic E-state index is 12.4. The van der Waals surface area contributed by atoms with Crippen LogP contribution >= 0.6 is 11.6 Å². The van der Waals surface area contributed by atoms with Gasteiger partial charge in [0.05, 0.1) is 22.9 Å². The second kappa shape index (κ2) is 7.68. The van der Waals surface area contributed by atoms with Gasteiger partial charge in [0.25, 0.3) is 5.91 Å². The number of amides is 1. The molecule has 0 atom stereocenters. The molecule has 2 aromatic carbocycles. The number of hydrogen-bond acceptors (Lipinski definition) is 4. The van der Waals surface area contributed by atoms with Gasteiger partial charge in [0.2, 0.25) is 0 Å². The molecule has 0 heterocycles. The first-order valence-electron chi connectivity index (χ1n) is 6.69. The summed E-state index contributed by atoms with van der Waals surface area (Å²) < 4.78 is 10.5. The van der Waals surface area contributed by atoms with Crippen molar-refractivity contribution in [1.29, 1.82) is 0 Å². The highest BCUT2D eigenvalue weighted by molar-refractivity contribution is 6.33. The van der Waals surface area contributed by atoms with E-state index in [2.05, 4.69) is 5.32 Å². The number of hydrogen-bond donors (Lipinski definition) is 2. The Labute approximate surface area is 134 Å². The summed E-state index contributed by atoms with van der Waals surface area (Å²) in [6, 6.07) is 11.9. The molecule has 116 valence electrons. The van der Waals surface area contributed by atoms with E-state index >= 15 is 0 Å². The summed E-state index contributed by atoms with van der Waals surface area (Å²) >= 11 is 5.86. The maximum Gasteiger partial charge on any atom is 0.259 e. The summed E-state index contributed by atoms with van der Waals surface area (Å²) in [7, 11) is 1.59. The first kappa shape index (κ1) is 16.1. The molecule has 0 aliphatic carbocycles. The van der Waals surface area contributed by atoms with Crippen molar-refractivity contribution >= 4 is 28.9 Å². The van der Waals surface area contributed by atoms with Crippen molar-refractivity contribution in [3.63, 3.8) is 0 Å². The number of anilines is 2. The fraction of sp³-hybridized carbons (Fsp3) is 0.188. The number of nitrogens with two attached hydrogens (primary N) is 1. The number of methoxy groups -OCH3 is 1. The molecular weight excluding hydrogens is 304 g/mol. The van der Waals surface area contributed by atoms with E-state index in [1.165, 1.54) is 0 Å². The molecule has 3 N–H and O–H groups in total. The predicted molar refractivity (Wildman–Crippen MR) is 87.6 cm³/mol. The van der Waals surface area contributed by atoms with E-state index in [1.807, 2.05) is 0 Å². The Morgan fingerprint density at radius 1 is 1.23 bits per heavy atom. The lowest BCUT2D eigenvalue weighted by Gasteiger charge is -2.12. The van der Waals surface area contributed by atoms with Crippen LogP contribution in [0.5, 0.6) is 5.75 Å². The van der Waals surface area contributed by atoms with Gasteiger partial charge in [0.15, 0.2) is 0 Å². The number of carbonyl (C=O) groups excluding carboxylic acids is 1. The highest BCUT2D eigenvalue weighted by Crippen LogP contribution is 2.24. The van der Waals surface area contributed by atoms with Gasteiger partial charge in [-0.2, -0.15) is 0 Å². The number of para-hydroxylation sites is 1. The number of benzene rings is 2. The lowest BCUT2D eigenvalue weighted by molar-refractivity contribution is 0.101. The van der Waals surface area contributed by atoms with Crippen molar-refractivity contribution < 1.29 is 14.3 Å². The van der Waals surface area contributed by atoms with E-state index < -0.39 is 0 Å². The molecule has 0 aliphatic rings. The zero-order valence-corrected chi connectivity index (χ0v) is 12.9. The summed E-state index contributed by atoms with van der Waals surface area (Å²) in [5.74, 6) is 0.216. The van der Waals surface area contributed by atoms with Gasteiger partial charge in [-0.05, 0) is 30.3 Å². The smallest absolute Gasteiger partial charge is 0.259 e. The fourth-order valence-corrected chi connectivity index (χ4v) is 1.95. The van der Waals surface area contributed by atoms with Crippen molar-refractivity contribution in [3.8, 4) is 5.75 Å². The Morgan fingerprint density at radius 2 is 2.00 bits per heavy atom. The molecule has 6 heteroatoms. The quantitative estimate of drug-likeness (QED) is 0.633. The summed E-state index contributed by atoms with van der Waals surface area (Å²) in [6.07, 6.45) is 0. The molecule has 22 heavy (non-hydrogen) atoms. The van der Waals surface area contributed by atoms with Crippen LogP contribution in [-0.2, 0) is 4.74 Å². The average molecular weight is 321 g/mol. The number of carbonyl (C=O) groups is 1. The van der Waals surface area contributed by atoms with Crippen molar-refractivity contribution in [2.45, 2.75) is 0 Å². The normalized spacial score (nSPS) is 10.3. The molecule has 0 saturated carbocycles. The fourth-order valence-electron chi connectivity index (χ4n) is 1.83. The van der Waals surface area contributed by atoms with E-state index in [0.29, 0.717) is 40.9 Å². The number of nitrogens with one attached hydrogen (secondary N) is 1. The number of halogens is 1. The molecule has 0 spiro atoms. The Balaban J connectivity index is 2.13. The minimum Gasteiger partial charge on any atom is -0.490 e. The lowest BCUT2D eigenvalue weighted by Crippen LogP contribution is -2.15. The van der Waals surface area contributed by atoms with Crippen LogP contribution in [0.4, 0.5) is 11.4 Å². The Hall–Kier alpha value is -2.24. The summed E-state index contributed by atoms with van der Waals surface area (Å²) in [5.41, 5.74) is 7.14. The van der Waals surface area contributed by atoms with E-state index in [4.69, 9.17) is 26.8 Å². The van der Waals surface area contributed by atoms with Crippen molar-refractivity contribution in [2.75, 3.05) is 31.4 Å². The minimum atomic E-state index is -0.283. The number of nitrogen functional groups attached to an aromatic ring is 1. The average Bonchev–Trinajstić information content (AvgIpc) is 2.51. The van der Waals surface area contributed by atoms with E-state index in [9.17, 15) is 4.79 Å². The van der Waals surface area contributed by atoms with Crippen LogP contribution in [0.15, 0.2) is 42.5 Å². The molecule has 0 radical (unpaired) electrons. The molecule has 0 aliphatic heterocycles. The molecule has 5 nitrogen and oxygen atoms in total. The molecule has 0 fully saturated rings. The van der Waals surface area contributed by atoms with E-state index in [-0.39, 0.29) is 5.91 Å². The van der Waals surface area contributed by atoms with Gasteiger partial charge in [-0.1, -0.05) is 23.7 Å². The molecule has 1 amide bonds. The highest BCUT2D eigenvalue weighted by atomic mass is 35.5. The Kier molecular flexibility index (Phi) is 5.63. The van der Waals surface area contributed by atoms with Gasteiger partial charge in [-0.25, -0.2) is 0 Å².